The fourth-order valence-corrected chi connectivity index (χ4v) is 25.7. The van der Waals surface area contributed by atoms with Gasteiger partial charge in [0.05, 0.1) is 76.5 Å². The van der Waals surface area contributed by atoms with Gasteiger partial charge >= 0.3 is 11.9 Å². The molecule has 8 aliphatic rings. The molecule has 7 heterocycles. The van der Waals surface area contributed by atoms with Crippen LogP contribution in [-0.4, -0.2) is 197 Å². The lowest BCUT2D eigenvalue weighted by Gasteiger charge is -2.43. The molecule has 2 aliphatic carbocycles. The normalized spacial score (nSPS) is 17.0. The van der Waals surface area contributed by atoms with Crippen LogP contribution >= 0.6 is 104 Å². The summed E-state index contributed by atoms with van der Waals surface area (Å²) in [6.07, 6.45) is 8.12. The molecule has 0 bridgehead atoms. The van der Waals surface area contributed by atoms with Crippen molar-refractivity contribution >= 4 is 213 Å². The highest BCUT2D eigenvalue weighted by molar-refractivity contribution is 8.79. The minimum absolute atomic E-state index is 0.00343. The van der Waals surface area contributed by atoms with E-state index >= 15 is 0 Å². The van der Waals surface area contributed by atoms with E-state index in [0.29, 0.717) is 127 Å². The fraction of sp³-hybridized carbons (Fsp3) is 0.270. The van der Waals surface area contributed by atoms with E-state index in [1.165, 1.54) is 80.2 Å². The minimum atomic E-state index is -0.707. The van der Waals surface area contributed by atoms with Gasteiger partial charge in [0.15, 0.2) is 34.6 Å². The van der Waals surface area contributed by atoms with E-state index in [-0.39, 0.29) is 105 Å². The number of nitro benzene ring substituents is 1. The summed E-state index contributed by atoms with van der Waals surface area (Å²) in [5, 5.41) is 30.1. The Hall–Kier alpha value is -13.5. The van der Waals surface area contributed by atoms with E-state index in [0.717, 1.165) is 78.9 Å². The number of aryl methyl sites for hydroxylation is 5. The van der Waals surface area contributed by atoms with Gasteiger partial charge in [0.25, 0.3) is 17.5 Å². The van der Waals surface area contributed by atoms with Crippen LogP contribution in [0.1, 0.15) is 159 Å². The molecule has 1 aromatic heterocycles. The highest BCUT2D eigenvalue weighted by atomic mass is 35.5. The summed E-state index contributed by atoms with van der Waals surface area (Å²) in [5.41, 5.74) is 15.1. The number of anilines is 4. The van der Waals surface area contributed by atoms with Gasteiger partial charge in [-0.3, -0.25) is 73.2 Å². The second kappa shape index (κ2) is 50.2. The summed E-state index contributed by atoms with van der Waals surface area (Å²) in [6, 6.07) is 61.9. The highest BCUT2D eigenvalue weighted by Gasteiger charge is 2.51. The van der Waals surface area contributed by atoms with Gasteiger partial charge in [-0.05, 0) is 218 Å². The second-order valence-corrected chi connectivity index (χ2v) is 43.7. The van der Waals surface area contributed by atoms with Gasteiger partial charge in [-0.15, -0.1) is 11.8 Å². The first-order valence-corrected chi connectivity index (χ1v) is 53.3. The molecule has 3 atom stereocenters. The van der Waals surface area contributed by atoms with Crippen molar-refractivity contribution in [2.45, 2.75) is 101 Å². The monoisotopic (exact) mass is 2180 g/mol. The number of thiocarbonyl (C=S) groups is 2. The van der Waals surface area contributed by atoms with Crippen molar-refractivity contribution in [3.63, 3.8) is 0 Å². The average Bonchev–Trinajstić information content (AvgIpc) is 1.10. The number of nitrogens with zero attached hydrogens (tertiary/aromatic N) is 7. The maximum atomic E-state index is 13.1. The van der Waals surface area contributed by atoms with Gasteiger partial charge in [-0.1, -0.05) is 195 Å². The van der Waals surface area contributed by atoms with Crippen LogP contribution in [0.15, 0.2) is 239 Å². The third-order valence-corrected chi connectivity index (χ3v) is 32.9. The summed E-state index contributed by atoms with van der Waals surface area (Å²) >= 11 is 31.1. The molecule has 10 aromatic carbocycles. The zero-order valence-electron chi connectivity index (χ0n) is 83.4. The van der Waals surface area contributed by atoms with Crippen LogP contribution in [0.25, 0.3) is 12.2 Å². The molecular weight excluding hydrogens is 2080 g/mol. The molecule has 0 saturated carbocycles. The first kappa shape index (κ1) is 111. The van der Waals surface area contributed by atoms with Gasteiger partial charge in [0, 0.05) is 146 Å². The van der Waals surface area contributed by atoms with Gasteiger partial charge < -0.3 is 58.2 Å². The number of fused-ring (bicyclic) bond motifs is 7. The Bertz CT molecular complexity index is 7170. The number of Topliss-reactive ketones (excluding diaryl/α,β-unsaturated/α-hetero) is 4. The van der Waals surface area contributed by atoms with Crippen LogP contribution in [0.2, 0.25) is 15.1 Å². The number of furan rings is 1. The van der Waals surface area contributed by atoms with E-state index in [4.69, 9.17) is 92.1 Å². The zero-order valence-corrected chi connectivity index (χ0v) is 90.5. The number of hydrogen-bond donors (Lipinski definition) is 2. The molecule has 2 N–H and O–H groups in total. The van der Waals surface area contributed by atoms with Crippen molar-refractivity contribution in [3.05, 3.63) is 353 Å². The quantitative estimate of drug-likeness (QED) is 0.00784. The lowest BCUT2D eigenvalue weighted by atomic mass is 9.80. The maximum Gasteiger partial charge on any atom is 0.433 e. The van der Waals surface area contributed by atoms with Gasteiger partial charge in [-0.2, -0.15) is 0 Å². The number of methoxy groups -OCH3 is 3. The molecule has 38 heteroatoms. The Labute approximate surface area is 904 Å². The van der Waals surface area contributed by atoms with Crippen LogP contribution in [0.5, 0.6) is 28.7 Å². The number of carbonyl (C=O) groups is 9. The number of halogens is 3. The summed E-state index contributed by atoms with van der Waals surface area (Å²) in [7, 11) is 16.0. The first-order valence-electron chi connectivity index (χ1n) is 47.2. The Morgan fingerprint density at radius 2 is 1.32 bits per heavy atom. The Balaban J connectivity index is 0.000000141. The third kappa shape index (κ3) is 26.9. The largest absolute Gasteiger partial charge is 0.497 e. The number of piperidine rings is 2. The summed E-state index contributed by atoms with van der Waals surface area (Å²) in [4.78, 5) is 143. The van der Waals surface area contributed by atoms with Crippen molar-refractivity contribution in [1.82, 2.24) is 14.7 Å². The van der Waals surface area contributed by atoms with Gasteiger partial charge in [0.1, 0.15) is 44.5 Å². The van der Waals surface area contributed by atoms with Crippen LogP contribution in [0.4, 0.5) is 34.3 Å². The molecule has 2 amide bonds. The average molecular weight is 2180 g/mol. The molecule has 772 valence electrons. The van der Waals surface area contributed by atoms with Crippen LogP contribution in [0.3, 0.4) is 0 Å². The van der Waals surface area contributed by atoms with E-state index < -0.39 is 27.4 Å². The molecule has 4 saturated heterocycles. The maximum absolute atomic E-state index is 13.1. The number of non-ortho nitro benzene ring substituents is 1. The Kier molecular flexibility index (Phi) is 37.5. The number of ether oxygens (including phenoxy) is 6. The molecule has 0 radical (unpaired) electrons. The zero-order chi connectivity index (χ0) is 107. The predicted molar refractivity (Wildman–Crippen MR) is 596 cm³/mol. The third-order valence-electron chi connectivity index (χ3n) is 25.0. The minimum Gasteiger partial charge on any atom is -0.497 e. The highest BCUT2D eigenvalue weighted by Crippen LogP contribution is 2.62. The number of nitro groups is 2. The summed E-state index contributed by atoms with van der Waals surface area (Å²) in [6.45, 7) is 13.9. The molecule has 19 rings (SSSR count). The molecule has 3 unspecified atom stereocenters. The summed E-state index contributed by atoms with van der Waals surface area (Å²) in [5.74, 6) is 1.98. The number of hydrogen-bond acceptors (Lipinski definition) is 31. The molecule has 29 nitrogen and oxygen atoms in total. The van der Waals surface area contributed by atoms with Crippen molar-refractivity contribution in [2.75, 3.05) is 115 Å². The molecule has 11 aromatic rings. The van der Waals surface area contributed by atoms with Crippen LogP contribution < -0.4 is 44.1 Å². The number of allylic oxidation sites excluding steroid dienone is 2. The number of likely N-dealkylation sites (N-methyl/N-ethyl adjacent to an activating group) is 2. The van der Waals surface area contributed by atoms with E-state index in [2.05, 4.69) is 73.6 Å². The van der Waals surface area contributed by atoms with Crippen molar-refractivity contribution in [3.8, 4) is 28.7 Å². The number of thioether (sulfide) groups is 2. The van der Waals surface area contributed by atoms with Crippen molar-refractivity contribution in [1.29, 1.82) is 0 Å². The number of amides is 2. The van der Waals surface area contributed by atoms with E-state index in [1.807, 2.05) is 108 Å². The van der Waals surface area contributed by atoms with Crippen LogP contribution in [-0.2, 0) is 36.8 Å². The van der Waals surface area contributed by atoms with Crippen molar-refractivity contribution < 1.29 is 85.8 Å². The lowest BCUT2D eigenvalue weighted by molar-refractivity contribution is -0.402. The second-order valence-electron chi connectivity index (χ2n) is 36.3. The number of esters is 1. The predicted octanol–water partition coefficient (Wildman–Crippen LogP) is 23.4. The number of carbonyl (C=O) groups excluding carboxylic acids is 9. The van der Waals surface area contributed by atoms with E-state index in [1.54, 1.807) is 155 Å². The molecule has 0 spiro atoms. The SMILES string of the molecule is CN(C)CCOC(=O)CCN1C(=O)/C(=C/c2ccc(Cl)cc2Cl)SC1=S.COc1ccc(C)cc1CCc1cc(OC)c2c(c1)OCO2.COc1cccc(NC2=C(N(C)C)C(=O)c3ccccc3C2=O)c1.Cc1ccc(N2CCCCC2)c2c1C(=O)c1ccccc1C2=O.Cc1ccc2c(c1)C1C(SCC(=O)c3ccc([N+](=O)[O-])cc3)SSC1C(C)(C)N2.O=C1CC(=S)N(c2ccc(Cl)cc2)C(=O)/C1=C/c1ccc([N+](=O)[O-])o1. The number of rotatable bonds is 25. The first-order chi connectivity index (χ1) is 71.3. The van der Waals surface area contributed by atoms with Gasteiger partial charge in [0.2, 0.25) is 24.1 Å². The smallest absolute Gasteiger partial charge is 0.433 e. The van der Waals surface area contributed by atoms with Crippen LogP contribution in [0, 0.1) is 41.0 Å². The summed E-state index contributed by atoms with van der Waals surface area (Å²) < 4.78 is 37.7. The number of ketones is 6. The lowest BCUT2D eigenvalue weighted by Crippen LogP contribution is -2.48. The Morgan fingerprint density at radius 1 is 0.658 bits per heavy atom. The van der Waals surface area contributed by atoms with Gasteiger partial charge in [-0.25, -0.2) is 0 Å². The molecule has 6 aliphatic heterocycles. The van der Waals surface area contributed by atoms with Crippen molar-refractivity contribution in [2.24, 2.45) is 0 Å². The topological polar surface area (TPSA) is 349 Å². The number of benzene rings is 10. The molecular formula is C111H106Cl3N9O20S6. The standard InChI is InChI=1S/C21H22N2O3S3.C20H19NO2.C19H18N2O3.C18H20O4.C17H18Cl2N2O3S2.C16H9ClN2O5S/c1-12-4-9-16-15(10-12)18-19(21(2,3)22-16)28-29-20(18)27-11-17(24)13-5-7-14(8-6-13)23(25)26;1-13-9-10-16(21-11-5-2-6-12-21)18-17(13)19(22)14-7-3-4-8-15(14)20(18)23;1-21(2)17-16(20-12-7-6-8-13(11-12)24-3)18(22)14-9-4-5-10-15(14)19(17)23;1-12-4-7-15(19-2)14(8-12)6-5-13-9-16(20-3)18-17(10-13)21-11-22-18;1-20(2)7-8-24-15(22)5-6-21-16(23)14(26-17(21)25)9-11-3-4-12(18)10-13(11)19;17-9-1-3-10(4-2-9)18-15(25)8-13(20)12(16(18)21)7-11-5-6-14(24-11)19(22)23/h4-10,18-20,22H,11H2,1-3H3;3-4,7-10H,2,5-6,11-12H2,1H3;4-11,20H,1-3H3;4,7-10H,5-6,11H2,1-3H3;3-4,9-10H,5-8H2,1-2H3;1-7H,8H2/b;;;;14-9-;12-7+. The molecule has 4 fully saturated rings. The number of nitrogens with one attached hydrogen (secondary N) is 2. The Morgan fingerprint density at radius 3 is 1.97 bits per heavy atom. The molecule has 149 heavy (non-hydrogen) atoms. The fourth-order valence-electron chi connectivity index (χ4n) is 17.5. The van der Waals surface area contributed by atoms with E-state index in [9.17, 15) is 63.4 Å².